The molecule has 1 heterocycles. The van der Waals surface area contributed by atoms with Gasteiger partial charge in [0.1, 0.15) is 16.3 Å². The first kappa shape index (κ1) is 9.60. The van der Waals surface area contributed by atoms with Crippen molar-refractivity contribution in [2.45, 2.75) is 0 Å². The monoisotopic (exact) mass is 274 g/mol. The normalized spacial score (nSPS) is 11.1. The zero-order valence-corrected chi connectivity index (χ0v) is 9.82. The van der Waals surface area contributed by atoms with Crippen molar-refractivity contribution < 1.29 is 4.42 Å². The highest BCUT2D eigenvalue weighted by Crippen LogP contribution is 2.23. The largest absolute Gasteiger partial charge is 0.463 e. The molecule has 3 rings (SSSR count). The van der Waals surface area contributed by atoms with Gasteiger partial charge in [-0.1, -0.05) is 30.3 Å². The van der Waals surface area contributed by atoms with Crippen LogP contribution in [0.5, 0.6) is 0 Å². The number of hydrogen-bond acceptors (Lipinski definition) is 2. The third-order valence-electron chi connectivity index (χ3n) is 2.62. The van der Waals surface area contributed by atoms with Gasteiger partial charge in [-0.05, 0) is 32.8 Å². The number of hydrogen-bond donors (Lipinski definition) is 0. The summed E-state index contributed by atoms with van der Waals surface area (Å²) < 4.78 is 5.84. The lowest BCUT2D eigenvalue weighted by molar-refractivity contribution is 0.599. The minimum atomic E-state index is -0.0296. The molecule has 3 aromatic rings. The number of fused-ring (bicyclic) bond motifs is 3. The Kier molecular flexibility index (Phi) is 2.07. The molecule has 0 unspecified atom stereocenters. The standard InChI is InChI=1S/C13H7BrO2/c14-10-7-16-11-6-5-8-3-1-2-4-9(8)12(11)13(10)15/h1-7H. The molecular weight excluding hydrogens is 268 g/mol. The molecule has 0 atom stereocenters. The van der Waals surface area contributed by atoms with E-state index in [9.17, 15) is 4.79 Å². The van der Waals surface area contributed by atoms with Gasteiger partial charge in [0, 0.05) is 0 Å². The molecule has 78 valence electrons. The summed E-state index contributed by atoms with van der Waals surface area (Å²) in [5.74, 6) is 0. The molecule has 0 aliphatic carbocycles. The zero-order chi connectivity index (χ0) is 11.1. The fourth-order valence-electron chi connectivity index (χ4n) is 1.87. The number of rotatable bonds is 0. The molecule has 0 radical (unpaired) electrons. The Bertz CT molecular complexity index is 744. The summed E-state index contributed by atoms with van der Waals surface area (Å²) >= 11 is 3.20. The maximum Gasteiger partial charge on any atom is 0.207 e. The summed E-state index contributed by atoms with van der Waals surface area (Å²) in [5.41, 5.74) is 0.588. The molecule has 0 bridgehead atoms. The van der Waals surface area contributed by atoms with Crippen LogP contribution in [-0.4, -0.2) is 0 Å². The fourth-order valence-corrected chi connectivity index (χ4v) is 2.16. The molecule has 3 heteroatoms. The molecule has 0 amide bonds. The smallest absolute Gasteiger partial charge is 0.207 e. The van der Waals surface area contributed by atoms with Crippen LogP contribution in [0, 0.1) is 0 Å². The summed E-state index contributed by atoms with van der Waals surface area (Å²) in [6.07, 6.45) is 1.43. The van der Waals surface area contributed by atoms with E-state index in [4.69, 9.17) is 4.42 Å². The molecule has 0 fully saturated rings. The van der Waals surface area contributed by atoms with Crippen molar-refractivity contribution in [1.82, 2.24) is 0 Å². The quantitative estimate of drug-likeness (QED) is 0.585. The molecule has 0 spiro atoms. The lowest BCUT2D eigenvalue weighted by Gasteiger charge is -2.02. The SMILES string of the molecule is O=c1c(Br)coc2ccc3ccccc3c12. The molecule has 0 aliphatic heterocycles. The van der Waals surface area contributed by atoms with Gasteiger partial charge >= 0.3 is 0 Å². The van der Waals surface area contributed by atoms with Crippen molar-refractivity contribution in [3.8, 4) is 0 Å². The van der Waals surface area contributed by atoms with Crippen molar-refractivity contribution in [1.29, 1.82) is 0 Å². The first-order valence-corrected chi connectivity index (χ1v) is 5.65. The Hall–Kier alpha value is -1.61. The summed E-state index contributed by atoms with van der Waals surface area (Å²) in [6, 6.07) is 11.6. The number of benzene rings is 2. The van der Waals surface area contributed by atoms with Gasteiger partial charge in [-0.3, -0.25) is 4.79 Å². The third kappa shape index (κ3) is 1.28. The van der Waals surface area contributed by atoms with Crippen LogP contribution in [0.25, 0.3) is 21.7 Å². The Morgan fingerprint density at radius 1 is 1.06 bits per heavy atom. The molecule has 0 saturated carbocycles. The minimum absolute atomic E-state index is 0.0296. The molecule has 2 nitrogen and oxygen atoms in total. The highest BCUT2D eigenvalue weighted by Gasteiger charge is 2.07. The van der Waals surface area contributed by atoms with Gasteiger partial charge < -0.3 is 4.42 Å². The lowest BCUT2D eigenvalue weighted by atomic mass is 10.1. The minimum Gasteiger partial charge on any atom is -0.463 e. The van der Waals surface area contributed by atoms with Crippen molar-refractivity contribution in [2.24, 2.45) is 0 Å². The van der Waals surface area contributed by atoms with E-state index in [1.807, 2.05) is 36.4 Å². The van der Waals surface area contributed by atoms with Crippen LogP contribution < -0.4 is 5.43 Å². The Morgan fingerprint density at radius 3 is 2.75 bits per heavy atom. The van der Waals surface area contributed by atoms with Gasteiger partial charge in [0.2, 0.25) is 5.43 Å². The van der Waals surface area contributed by atoms with Crippen molar-refractivity contribution in [2.75, 3.05) is 0 Å². The van der Waals surface area contributed by atoms with Crippen LogP contribution in [-0.2, 0) is 0 Å². The second-order valence-electron chi connectivity index (χ2n) is 3.57. The molecule has 0 N–H and O–H groups in total. The Labute approximate surface area is 99.6 Å². The Morgan fingerprint density at radius 2 is 1.88 bits per heavy atom. The van der Waals surface area contributed by atoms with Crippen molar-refractivity contribution in [3.63, 3.8) is 0 Å². The fraction of sp³-hybridized carbons (Fsp3) is 0. The lowest BCUT2D eigenvalue weighted by Crippen LogP contribution is -2.01. The number of halogens is 1. The van der Waals surface area contributed by atoms with E-state index in [2.05, 4.69) is 15.9 Å². The van der Waals surface area contributed by atoms with Crippen LogP contribution >= 0.6 is 15.9 Å². The van der Waals surface area contributed by atoms with Crippen LogP contribution in [0.3, 0.4) is 0 Å². The van der Waals surface area contributed by atoms with E-state index in [-0.39, 0.29) is 5.43 Å². The van der Waals surface area contributed by atoms with E-state index in [1.54, 1.807) is 0 Å². The van der Waals surface area contributed by atoms with E-state index in [0.717, 1.165) is 10.8 Å². The van der Waals surface area contributed by atoms with Crippen LogP contribution in [0.2, 0.25) is 0 Å². The zero-order valence-electron chi connectivity index (χ0n) is 8.24. The summed E-state index contributed by atoms with van der Waals surface area (Å²) in [6.45, 7) is 0. The summed E-state index contributed by atoms with van der Waals surface area (Å²) in [7, 11) is 0. The molecular formula is C13H7BrO2. The molecule has 16 heavy (non-hydrogen) atoms. The molecule has 0 aliphatic rings. The topological polar surface area (TPSA) is 30.2 Å². The van der Waals surface area contributed by atoms with Gasteiger partial charge in [0.05, 0.1) is 5.39 Å². The molecule has 2 aromatic carbocycles. The van der Waals surface area contributed by atoms with Gasteiger partial charge in [-0.15, -0.1) is 0 Å². The second-order valence-corrected chi connectivity index (χ2v) is 4.43. The van der Waals surface area contributed by atoms with Crippen molar-refractivity contribution in [3.05, 3.63) is 57.4 Å². The maximum absolute atomic E-state index is 12.0. The van der Waals surface area contributed by atoms with Crippen LogP contribution in [0.4, 0.5) is 0 Å². The van der Waals surface area contributed by atoms with E-state index >= 15 is 0 Å². The van der Waals surface area contributed by atoms with E-state index in [1.165, 1.54) is 6.26 Å². The van der Waals surface area contributed by atoms with E-state index in [0.29, 0.717) is 15.4 Å². The van der Waals surface area contributed by atoms with Gasteiger partial charge in [-0.2, -0.15) is 0 Å². The predicted molar refractivity (Wildman–Crippen MR) is 67.7 cm³/mol. The second kappa shape index (κ2) is 3.46. The molecule has 0 saturated heterocycles. The predicted octanol–water partition coefficient (Wildman–Crippen LogP) is 3.71. The van der Waals surface area contributed by atoms with E-state index < -0.39 is 0 Å². The highest BCUT2D eigenvalue weighted by molar-refractivity contribution is 9.10. The average Bonchev–Trinajstić information content (AvgIpc) is 2.33. The molecule has 1 aromatic heterocycles. The third-order valence-corrected chi connectivity index (χ3v) is 3.17. The van der Waals surface area contributed by atoms with Crippen LogP contribution in [0.1, 0.15) is 0 Å². The van der Waals surface area contributed by atoms with Gasteiger partial charge in [-0.25, -0.2) is 0 Å². The maximum atomic E-state index is 12.0. The van der Waals surface area contributed by atoms with Crippen molar-refractivity contribution >= 4 is 37.7 Å². The average molecular weight is 275 g/mol. The summed E-state index contributed by atoms with van der Waals surface area (Å²) in [4.78, 5) is 12.0. The first-order chi connectivity index (χ1) is 7.77. The van der Waals surface area contributed by atoms with Gasteiger partial charge in [0.15, 0.2) is 0 Å². The summed E-state index contributed by atoms with van der Waals surface area (Å²) in [5, 5.41) is 2.60. The van der Waals surface area contributed by atoms with Crippen LogP contribution in [0.15, 0.2) is 56.3 Å². The van der Waals surface area contributed by atoms with Gasteiger partial charge in [0.25, 0.3) is 0 Å². The first-order valence-electron chi connectivity index (χ1n) is 4.86. The Balaban J connectivity index is 2.69. The highest BCUT2D eigenvalue weighted by atomic mass is 79.9.